The van der Waals surface area contributed by atoms with Crippen LogP contribution in [0, 0.1) is 6.92 Å². The van der Waals surface area contributed by atoms with Gasteiger partial charge in [0.15, 0.2) is 5.96 Å². The quantitative estimate of drug-likeness (QED) is 0.435. The van der Waals surface area contributed by atoms with Crippen LogP contribution in [0.15, 0.2) is 29.3 Å². The number of sulfonamides is 1. The van der Waals surface area contributed by atoms with Gasteiger partial charge in [0.1, 0.15) is 0 Å². The zero-order valence-electron chi connectivity index (χ0n) is 16.3. The van der Waals surface area contributed by atoms with Crippen molar-refractivity contribution in [3.8, 4) is 0 Å². The highest BCUT2D eigenvalue weighted by Gasteiger charge is 2.17. The third-order valence-electron chi connectivity index (χ3n) is 4.35. The van der Waals surface area contributed by atoms with Crippen LogP contribution in [-0.2, 0) is 21.3 Å². The summed E-state index contributed by atoms with van der Waals surface area (Å²) in [6.45, 7) is 6.64. The summed E-state index contributed by atoms with van der Waals surface area (Å²) in [6.07, 6.45) is 3.06. The Hall–Kier alpha value is -1.64. The first kappa shape index (κ1) is 21.7. The molecule has 1 unspecified atom stereocenters. The molecule has 1 aliphatic rings. The molecule has 27 heavy (non-hydrogen) atoms. The summed E-state index contributed by atoms with van der Waals surface area (Å²) >= 11 is 0. The Morgan fingerprint density at radius 2 is 2.00 bits per heavy atom. The van der Waals surface area contributed by atoms with Crippen LogP contribution in [0.25, 0.3) is 0 Å². The standard InChI is InChI=1S/C19H32N4O3S/c1-3-20-19(22-14-17-9-7-16(2)8-10-17)21-11-13-27(24,25)23-15-18-6-4-5-12-26-18/h7-10,18,23H,3-6,11-15H2,1-2H3,(H2,20,21,22). The van der Waals surface area contributed by atoms with Gasteiger partial charge >= 0.3 is 0 Å². The van der Waals surface area contributed by atoms with Gasteiger partial charge < -0.3 is 15.4 Å². The molecule has 0 spiro atoms. The summed E-state index contributed by atoms with van der Waals surface area (Å²) in [5, 5.41) is 6.22. The van der Waals surface area contributed by atoms with Gasteiger partial charge in [-0.2, -0.15) is 0 Å². The lowest BCUT2D eigenvalue weighted by Crippen LogP contribution is -2.42. The Morgan fingerprint density at radius 3 is 2.67 bits per heavy atom. The highest BCUT2D eigenvalue weighted by molar-refractivity contribution is 7.89. The van der Waals surface area contributed by atoms with E-state index in [1.807, 2.05) is 26.0 Å². The summed E-state index contributed by atoms with van der Waals surface area (Å²) in [6, 6.07) is 8.20. The molecule has 0 saturated carbocycles. The van der Waals surface area contributed by atoms with E-state index in [0.29, 0.717) is 32.1 Å². The first-order valence-corrected chi connectivity index (χ1v) is 11.3. The van der Waals surface area contributed by atoms with Crippen LogP contribution >= 0.6 is 0 Å². The second-order valence-corrected chi connectivity index (χ2v) is 8.69. The van der Waals surface area contributed by atoms with E-state index in [2.05, 4.69) is 32.5 Å². The van der Waals surface area contributed by atoms with Crippen molar-refractivity contribution < 1.29 is 13.2 Å². The van der Waals surface area contributed by atoms with Gasteiger partial charge in [-0.25, -0.2) is 18.1 Å². The number of aryl methyl sites for hydroxylation is 1. The molecule has 0 radical (unpaired) electrons. The van der Waals surface area contributed by atoms with Gasteiger partial charge in [0.2, 0.25) is 10.0 Å². The molecule has 152 valence electrons. The Morgan fingerprint density at radius 1 is 1.22 bits per heavy atom. The molecule has 1 atom stereocenters. The van der Waals surface area contributed by atoms with Gasteiger partial charge in [-0.15, -0.1) is 0 Å². The molecule has 0 aliphatic carbocycles. The minimum atomic E-state index is -3.34. The van der Waals surface area contributed by atoms with Crippen molar-refractivity contribution in [2.24, 2.45) is 4.99 Å². The second kappa shape index (κ2) is 11.3. The highest BCUT2D eigenvalue weighted by Crippen LogP contribution is 2.11. The van der Waals surface area contributed by atoms with Crippen molar-refractivity contribution in [3.05, 3.63) is 35.4 Å². The first-order chi connectivity index (χ1) is 13.0. The molecule has 2 rings (SSSR count). The monoisotopic (exact) mass is 396 g/mol. The highest BCUT2D eigenvalue weighted by atomic mass is 32.2. The molecule has 7 nitrogen and oxygen atoms in total. The van der Waals surface area contributed by atoms with Gasteiger partial charge in [0.05, 0.1) is 18.4 Å². The predicted molar refractivity (Wildman–Crippen MR) is 109 cm³/mol. The van der Waals surface area contributed by atoms with E-state index in [1.165, 1.54) is 5.56 Å². The number of aliphatic imine (C=N–C) groups is 1. The van der Waals surface area contributed by atoms with Crippen molar-refractivity contribution in [2.45, 2.75) is 45.8 Å². The summed E-state index contributed by atoms with van der Waals surface area (Å²) in [7, 11) is -3.34. The number of ether oxygens (including phenoxy) is 1. The van der Waals surface area contributed by atoms with Crippen LogP contribution in [0.2, 0.25) is 0 Å². The Balaban J connectivity index is 1.76. The van der Waals surface area contributed by atoms with E-state index in [9.17, 15) is 8.42 Å². The Labute approximate surface area is 163 Å². The number of guanidine groups is 1. The van der Waals surface area contributed by atoms with Gasteiger partial charge in [-0.05, 0) is 38.7 Å². The maximum absolute atomic E-state index is 12.2. The molecule has 0 bridgehead atoms. The summed E-state index contributed by atoms with van der Waals surface area (Å²) < 4.78 is 32.5. The number of nitrogens with zero attached hydrogens (tertiary/aromatic N) is 1. The molecule has 3 N–H and O–H groups in total. The van der Waals surface area contributed by atoms with Crippen molar-refractivity contribution in [1.82, 2.24) is 15.4 Å². The second-order valence-electron chi connectivity index (χ2n) is 6.76. The Bertz CT molecular complexity index is 683. The smallest absolute Gasteiger partial charge is 0.213 e. The normalized spacial score (nSPS) is 18.3. The molecule has 1 aliphatic heterocycles. The lowest BCUT2D eigenvalue weighted by atomic mass is 10.1. The van der Waals surface area contributed by atoms with Crippen LogP contribution in [0.4, 0.5) is 0 Å². The van der Waals surface area contributed by atoms with Crippen LogP contribution in [0.3, 0.4) is 0 Å². The summed E-state index contributed by atoms with van der Waals surface area (Å²) in [5.74, 6) is 0.609. The summed E-state index contributed by atoms with van der Waals surface area (Å²) in [4.78, 5) is 4.51. The van der Waals surface area contributed by atoms with E-state index in [4.69, 9.17) is 4.74 Å². The fourth-order valence-corrected chi connectivity index (χ4v) is 3.72. The average molecular weight is 397 g/mol. The minimum absolute atomic E-state index is 0.00475. The zero-order valence-corrected chi connectivity index (χ0v) is 17.1. The number of hydrogen-bond acceptors (Lipinski definition) is 4. The number of rotatable bonds is 9. The molecular formula is C19H32N4O3S. The van der Waals surface area contributed by atoms with Crippen LogP contribution < -0.4 is 15.4 Å². The maximum Gasteiger partial charge on any atom is 0.213 e. The number of nitrogens with one attached hydrogen (secondary N) is 3. The van der Waals surface area contributed by atoms with Crippen molar-refractivity contribution in [3.63, 3.8) is 0 Å². The first-order valence-electron chi connectivity index (χ1n) is 9.65. The third-order valence-corrected chi connectivity index (χ3v) is 5.70. The topological polar surface area (TPSA) is 91.8 Å². The number of benzene rings is 1. The molecular weight excluding hydrogens is 364 g/mol. The molecule has 8 heteroatoms. The maximum atomic E-state index is 12.2. The molecule has 1 aromatic rings. The molecule has 1 aromatic carbocycles. The predicted octanol–water partition coefficient (Wildman–Crippen LogP) is 1.54. The van der Waals surface area contributed by atoms with E-state index < -0.39 is 10.0 Å². The fourth-order valence-electron chi connectivity index (χ4n) is 2.77. The largest absolute Gasteiger partial charge is 0.377 e. The minimum Gasteiger partial charge on any atom is -0.377 e. The fraction of sp³-hybridized carbons (Fsp3) is 0.632. The van der Waals surface area contributed by atoms with Crippen molar-refractivity contribution in [1.29, 1.82) is 0 Å². The molecule has 1 fully saturated rings. The van der Waals surface area contributed by atoms with E-state index in [0.717, 1.165) is 31.4 Å². The molecule has 0 aromatic heterocycles. The third kappa shape index (κ3) is 8.73. The summed E-state index contributed by atoms with van der Waals surface area (Å²) in [5.41, 5.74) is 2.32. The van der Waals surface area contributed by atoms with E-state index >= 15 is 0 Å². The van der Waals surface area contributed by atoms with E-state index in [-0.39, 0.29) is 11.9 Å². The van der Waals surface area contributed by atoms with Gasteiger partial charge in [0.25, 0.3) is 0 Å². The van der Waals surface area contributed by atoms with Crippen molar-refractivity contribution >= 4 is 16.0 Å². The zero-order chi connectivity index (χ0) is 19.5. The lowest BCUT2D eigenvalue weighted by molar-refractivity contribution is 0.0200. The van der Waals surface area contributed by atoms with Crippen LogP contribution in [-0.4, -0.2) is 52.5 Å². The number of hydrogen-bond donors (Lipinski definition) is 3. The van der Waals surface area contributed by atoms with Crippen molar-refractivity contribution in [2.75, 3.05) is 32.0 Å². The van der Waals surface area contributed by atoms with E-state index in [1.54, 1.807) is 0 Å². The SMILES string of the molecule is CCNC(=NCc1ccc(C)cc1)NCCS(=O)(=O)NCC1CCCCO1. The molecule has 1 heterocycles. The molecule has 1 saturated heterocycles. The molecule has 0 amide bonds. The van der Waals surface area contributed by atoms with Gasteiger partial charge in [0, 0.05) is 26.2 Å². The van der Waals surface area contributed by atoms with Crippen LogP contribution in [0.5, 0.6) is 0 Å². The Kier molecular flexibility index (Phi) is 9.03. The van der Waals surface area contributed by atoms with Gasteiger partial charge in [-0.3, -0.25) is 0 Å². The van der Waals surface area contributed by atoms with Crippen LogP contribution in [0.1, 0.15) is 37.3 Å². The van der Waals surface area contributed by atoms with Gasteiger partial charge in [-0.1, -0.05) is 29.8 Å². The lowest BCUT2D eigenvalue weighted by Gasteiger charge is -2.22. The average Bonchev–Trinajstić information content (AvgIpc) is 2.66.